The highest BCUT2D eigenvalue weighted by Gasteiger charge is 2.15. The highest BCUT2D eigenvalue weighted by molar-refractivity contribution is 7.98. The number of carbonyl (C=O) groups is 1. The van der Waals surface area contributed by atoms with Crippen LogP contribution < -0.4 is 10.9 Å². The van der Waals surface area contributed by atoms with Gasteiger partial charge in [0.25, 0.3) is 5.56 Å². The van der Waals surface area contributed by atoms with Gasteiger partial charge in [-0.15, -0.1) is 0 Å². The molecule has 0 saturated carbocycles. The maximum Gasteiger partial charge on any atom is 0.407 e. The molecule has 0 atom stereocenters. The third-order valence-electron chi connectivity index (χ3n) is 2.89. The average molecular weight is 336 g/mol. The maximum atomic E-state index is 12.1. The summed E-state index contributed by atoms with van der Waals surface area (Å²) >= 11 is 1.41. The number of pyridine rings is 1. The third kappa shape index (κ3) is 4.69. The van der Waals surface area contributed by atoms with Crippen LogP contribution in [0.1, 0.15) is 20.8 Å². The summed E-state index contributed by atoms with van der Waals surface area (Å²) < 4.78 is 6.69. The molecule has 7 nitrogen and oxygen atoms in total. The number of amides is 1. The van der Waals surface area contributed by atoms with Crippen molar-refractivity contribution in [3.63, 3.8) is 0 Å². The largest absolute Gasteiger partial charge is 0.444 e. The van der Waals surface area contributed by atoms with Crippen LogP contribution in [0.5, 0.6) is 0 Å². The van der Waals surface area contributed by atoms with Crippen LogP contribution in [0.25, 0.3) is 11.0 Å². The van der Waals surface area contributed by atoms with Gasteiger partial charge in [-0.1, -0.05) is 11.8 Å². The van der Waals surface area contributed by atoms with E-state index in [9.17, 15) is 9.59 Å². The lowest BCUT2D eigenvalue weighted by Crippen LogP contribution is -2.35. The Morgan fingerprint density at radius 2 is 2.13 bits per heavy atom. The molecule has 0 aliphatic carbocycles. The van der Waals surface area contributed by atoms with Crippen molar-refractivity contribution < 1.29 is 9.53 Å². The fraction of sp³-hybridized carbons (Fsp3) is 0.467. The minimum atomic E-state index is -0.555. The number of aromatic nitrogens is 3. The van der Waals surface area contributed by atoms with Gasteiger partial charge in [0.1, 0.15) is 11.2 Å². The Balaban J connectivity index is 2.15. The van der Waals surface area contributed by atoms with Gasteiger partial charge in [0.05, 0.1) is 0 Å². The monoisotopic (exact) mass is 336 g/mol. The Morgan fingerprint density at radius 3 is 2.78 bits per heavy atom. The molecule has 0 bridgehead atoms. The van der Waals surface area contributed by atoms with Crippen molar-refractivity contribution in [2.45, 2.75) is 38.1 Å². The van der Waals surface area contributed by atoms with Crippen molar-refractivity contribution in [2.75, 3.05) is 12.8 Å². The molecule has 1 amide bonds. The van der Waals surface area contributed by atoms with Crippen LogP contribution in [0.15, 0.2) is 28.3 Å². The minimum Gasteiger partial charge on any atom is -0.444 e. The summed E-state index contributed by atoms with van der Waals surface area (Å²) in [6, 6.07) is 3.16. The number of ether oxygens (including phenoxy) is 1. The number of hydrogen-bond acceptors (Lipinski definition) is 6. The first-order chi connectivity index (χ1) is 10.8. The van der Waals surface area contributed by atoms with Crippen LogP contribution in [0.3, 0.4) is 0 Å². The van der Waals surface area contributed by atoms with Gasteiger partial charge in [0.2, 0.25) is 0 Å². The van der Waals surface area contributed by atoms with E-state index in [-0.39, 0.29) is 12.1 Å². The molecule has 2 rings (SSSR count). The highest BCUT2D eigenvalue weighted by Crippen LogP contribution is 2.13. The van der Waals surface area contributed by atoms with Crippen LogP contribution in [-0.2, 0) is 11.3 Å². The molecule has 0 aliphatic heterocycles. The van der Waals surface area contributed by atoms with Gasteiger partial charge in [-0.25, -0.2) is 14.8 Å². The van der Waals surface area contributed by atoms with E-state index in [0.29, 0.717) is 17.3 Å². The zero-order chi connectivity index (χ0) is 17.0. The molecule has 1 N–H and O–H groups in total. The summed E-state index contributed by atoms with van der Waals surface area (Å²) in [5.74, 6) is 0. The van der Waals surface area contributed by atoms with E-state index in [0.717, 1.165) is 5.39 Å². The van der Waals surface area contributed by atoms with Crippen molar-refractivity contribution >= 4 is 28.9 Å². The number of alkyl carbamates (subject to hydrolysis) is 1. The lowest BCUT2D eigenvalue weighted by Gasteiger charge is -2.19. The zero-order valence-electron chi connectivity index (χ0n) is 13.6. The van der Waals surface area contributed by atoms with Crippen molar-refractivity contribution in [3.05, 3.63) is 28.7 Å². The van der Waals surface area contributed by atoms with Crippen LogP contribution in [0.2, 0.25) is 0 Å². The first kappa shape index (κ1) is 17.3. The fourth-order valence-electron chi connectivity index (χ4n) is 1.95. The molecule has 0 fully saturated rings. The second-order valence-corrected chi connectivity index (χ2v) is 6.66. The smallest absolute Gasteiger partial charge is 0.407 e. The molecule has 23 heavy (non-hydrogen) atoms. The molecule has 2 aromatic heterocycles. The summed E-state index contributed by atoms with van der Waals surface area (Å²) in [6.45, 7) is 5.96. The van der Waals surface area contributed by atoms with Gasteiger partial charge in [0.15, 0.2) is 5.16 Å². The van der Waals surface area contributed by atoms with Gasteiger partial charge in [0, 0.05) is 30.7 Å². The first-order valence-electron chi connectivity index (χ1n) is 7.17. The van der Waals surface area contributed by atoms with Crippen LogP contribution in [0.4, 0.5) is 4.79 Å². The SMILES string of the molecule is CSc1ncc2ccc(=O)n(CCNC(=O)OC(C)(C)C)c2n1. The second-order valence-electron chi connectivity index (χ2n) is 5.89. The highest BCUT2D eigenvalue weighted by atomic mass is 32.2. The quantitative estimate of drug-likeness (QED) is 0.679. The standard InChI is InChI=1S/C15H20N4O3S/c1-15(2,3)22-14(21)16-7-8-19-11(20)6-5-10-9-17-13(23-4)18-12(10)19/h5-6,9H,7-8H2,1-4H3,(H,16,21). The van der Waals surface area contributed by atoms with E-state index in [4.69, 9.17) is 4.74 Å². The number of carbonyl (C=O) groups excluding carboxylic acids is 1. The van der Waals surface area contributed by atoms with E-state index in [2.05, 4.69) is 15.3 Å². The average Bonchev–Trinajstić information content (AvgIpc) is 2.47. The summed E-state index contributed by atoms with van der Waals surface area (Å²) in [4.78, 5) is 32.3. The predicted molar refractivity (Wildman–Crippen MR) is 89.8 cm³/mol. The number of fused-ring (bicyclic) bond motifs is 1. The molecule has 0 aromatic carbocycles. The molecule has 8 heteroatoms. The summed E-state index contributed by atoms with van der Waals surface area (Å²) in [5, 5.41) is 4.01. The Kier molecular flexibility index (Phi) is 5.25. The zero-order valence-corrected chi connectivity index (χ0v) is 14.4. The molecule has 0 radical (unpaired) electrons. The van der Waals surface area contributed by atoms with Crippen molar-refractivity contribution in [2.24, 2.45) is 0 Å². The van der Waals surface area contributed by atoms with Crippen molar-refractivity contribution in [1.29, 1.82) is 0 Å². The first-order valence-corrected chi connectivity index (χ1v) is 8.40. The van der Waals surface area contributed by atoms with Gasteiger partial charge in [-0.2, -0.15) is 0 Å². The van der Waals surface area contributed by atoms with E-state index < -0.39 is 11.7 Å². The Labute approximate surface area is 138 Å². The third-order valence-corrected chi connectivity index (χ3v) is 3.45. The van der Waals surface area contributed by atoms with Gasteiger partial charge < -0.3 is 10.1 Å². The van der Waals surface area contributed by atoms with Gasteiger partial charge in [-0.05, 0) is 33.1 Å². The molecule has 0 spiro atoms. The lowest BCUT2D eigenvalue weighted by atomic mass is 10.2. The van der Waals surface area contributed by atoms with E-state index in [1.165, 1.54) is 22.4 Å². The molecule has 2 heterocycles. The Hall–Kier alpha value is -2.09. The fourth-order valence-corrected chi connectivity index (χ4v) is 2.29. The number of nitrogens with zero attached hydrogens (tertiary/aromatic N) is 3. The van der Waals surface area contributed by atoms with E-state index in [1.54, 1.807) is 33.0 Å². The molecule has 0 aliphatic rings. The second kappa shape index (κ2) is 6.99. The number of rotatable bonds is 4. The molecular formula is C15H20N4O3S. The van der Waals surface area contributed by atoms with E-state index >= 15 is 0 Å². The van der Waals surface area contributed by atoms with Crippen molar-refractivity contribution in [1.82, 2.24) is 19.9 Å². The number of hydrogen-bond donors (Lipinski definition) is 1. The van der Waals surface area contributed by atoms with Gasteiger partial charge >= 0.3 is 6.09 Å². The van der Waals surface area contributed by atoms with Crippen LogP contribution >= 0.6 is 11.8 Å². The summed E-state index contributed by atoms with van der Waals surface area (Å²) in [5.41, 5.74) is -0.169. The molecular weight excluding hydrogens is 316 g/mol. The Bertz CT molecular complexity index is 767. The topological polar surface area (TPSA) is 86.1 Å². The molecule has 0 saturated heterocycles. The normalized spacial score (nSPS) is 11.5. The van der Waals surface area contributed by atoms with E-state index in [1.807, 2.05) is 6.26 Å². The molecule has 0 unspecified atom stereocenters. The summed E-state index contributed by atoms with van der Waals surface area (Å²) in [7, 11) is 0. The number of thioether (sulfide) groups is 1. The molecule has 2 aromatic rings. The summed E-state index contributed by atoms with van der Waals surface area (Å²) in [6.07, 6.45) is 3.05. The predicted octanol–water partition coefficient (Wildman–Crippen LogP) is 2.04. The minimum absolute atomic E-state index is 0.172. The lowest BCUT2D eigenvalue weighted by molar-refractivity contribution is 0.0526. The van der Waals surface area contributed by atoms with Crippen LogP contribution in [-0.4, -0.2) is 39.0 Å². The van der Waals surface area contributed by atoms with Gasteiger partial charge in [-0.3, -0.25) is 9.36 Å². The Morgan fingerprint density at radius 1 is 1.39 bits per heavy atom. The van der Waals surface area contributed by atoms with Crippen LogP contribution in [0, 0.1) is 0 Å². The van der Waals surface area contributed by atoms with Crippen molar-refractivity contribution in [3.8, 4) is 0 Å². The number of nitrogens with one attached hydrogen (secondary N) is 1. The molecule has 124 valence electrons. The maximum absolute atomic E-state index is 12.1.